The number of nitrogens with one attached hydrogen (secondary N) is 1. The van der Waals surface area contributed by atoms with Gasteiger partial charge in [-0.1, -0.05) is 19.9 Å². The van der Waals surface area contributed by atoms with E-state index in [1.54, 1.807) is 18.1 Å². The fraction of sp³-hybridized carbons (Fsp3) is 0.533. The summed E-state index contributed by atoms with van der Waals surface area (Å²) in [6.45, 7) is 4.45. The highest BCUT2D eigenvalue weighted by Crippen LogP contribution is 2.15. The molecule has 21 heavy (non-hydrogen) atoms. The van der Waals surface area contributed by atoms with E-state index in [2.05, 4.69) is 10.3 Å². The Morgan fingerprint density at radius 2 is 2.19 bits per heavy atom. The SMILES string of the molecule is COc1cccc(CN2CC(=O)NC(CC(C)C)C2=O)n1. The van der Waals surface area contributed by atoms with Crippen molar-refractivity contribution in [3.05, 3.63) is 23.9 Å². The van der Waals surface area contributed by atoms with Crippen LogP contribution in [0.1, 0.15) is 26.0 Å². The quantitative estimate of drug-likeness (QED) is 0.877. The molecule has 2 rings (SSSR count). The van der Waals surface area contributed by atoms with Gasteiger partial charge in [0, 0.05) is 6.07 Å². The van der Waals surface area contributed by atoms with Crippen LogP contribution in [-0.2, 0) is 16.1 Å². The van der Waals surface area contributed by atoms with E-state index >= 15 is 0 Å². The van der Waals surface area contributed by atoms with E-state index in [9.17, 15) is 9.59 Å². The average molecular weight is 291 g/mol. The lowest BCUT2D eigenvalue weighted by Crippen LogP contribution is -2.57. The number of carbonyl (C=O) groups is 2. The molecule has 1 fully saturated rings. The molecule has 1 saturated heterocycles. The second-order valence-electron chi connectivity index (χ2n) is 5.62. The Balaban J connectivity index is 2.10. The van der Waals surface area contributed by atoms with Crippen LogP contribution in [-0.4, -0.2) is 41.4 Å². The lowest BCUT2D eigenvalue weighted by molar-refractivity contribution is -0.145. The molecule has 0 aliphatic carbocycles. The van der Waals surface area contributed by atoms with Crippen LogP contribution in [0.5, 0.6) is 5.88 Å². The maximum atomic E-state index is 12.4. The molecule has 0 spiro atoms. The smallest absolute Gasteiger partial charge is 0.245 e. The maximum absolute atomic E-state index is 12.4. The van der Waals surface area contributed by atoms with Crippen LogP contribution in [0.25, 0.3) is 0 Å². The Bertz CT molecular complexity index is 531. The van der Waals surface area contributed by atoms with Crippen LogP contribution in [0.4, 0.5) is 0 Å². The van der Waals surface area contributed by atoms with Gasteiger partial charge in [0.25, 0.3) is 0 Å². The predicted molar refractivity (Wildman–Crippen MR) is 77.6 cm³/mol. The normalized spacial score (nSPS) is 18.9. The minimum atomic E-state index is -0.433. The van der Waals surface area contributed by atoms with Gasteiger partial charge in [-0.05, 0) is 18.4 Å². The van der Waals surface area contributed by atoms with Gasteiger partial charge >= 0.3 is 0 Å². The molecule has 0 saturated carbocycles. The average Bonchev–Trinajstić information content (AvgIpc) is 2.43. The maximum Gasteiger partial charge on any atom is 0.245 e. The van der Waals surface area contributed by atoms with Crippen molar-refractivity contribution in [1.29, 1.82) is 0 Å². The standard InChI is InChI=1S/C15H21N3O3/c1-10(2)7-12-15(20)18(9-13(19)17-12)8-11-5-4-6-14(16-11)21-3/h4-6,10,12H,7-9H2,1-3H3,(H,17,19). The number of hydrogen-bond donors (Lipinski definition) is 1. The molecule has 114 valence electrons. The number of methoxy groups -OCH3 is 1. The largest absolute Gasteiger partial charge is 0.481 e. The molecule has 1 unspecified atom stereocenters. The first-order valence-electron chi connectivity index (χ1n) is 7.07. The lowest BCUT2D eigenvalue weighted by Gasteiger charge is -2.33. The minimum Gasteiger partial charge on any atom is -0.481 e. The highest BCUT2D eigenvalue weighted by Gasteiger charge is 2.33. The predicted octanol–water partition coefficient (Wildman–Crippen LogP) is 0.963. The molecule has 1 aliphatic rings. The second kappa shape index (κ2) is 6.56. The fourth-order valence-corrected chi connectivity index (χ4v) is 2.39. The summed E-state index contributed by atoms with van der Waals surface area (Å²) in [5, 5.41) is 2.76. The lowest BCUT2D eigenvalue weighted by atomic mass is 10.0. The summed E-state index contributed by atoms with van der Waals surface area (Å²) in [6, 6.07) is 4.95. The first kappa shape index (κ1) is 15.3. The van der Waals surface area contributed by atoms with Gasteiger partial charge in [0.1, 0.15) is 12.6 Å². The third-order valence-electron chi connectivity index (χ3n) is 3.33. The Morgan fingerprint density at radius 1 is 1.43 bits per heavy atom. The zero-order valence-corrected chi connectivity index (χ0v) is 12.6. The molecular weight excluding hydrogens is 270 g/mol. The molecule has 6 heteroatoms. The first-order valence-corrected chi connectivity index (χ1v) is 7.07. The highest BCUT2D eigenvalue weighted by atomic mass is 16.5. The van der Waals surface area contributed by atoms with E-state index in [-0.39, 0.29) is 18.4 Å². The van der Waals surface area contributed by atoms with Crippen molar-refractivity contribution in [3.63, 3.8) is 0 Å². The van der Waals surface area contributed by atoms with Crippen LogP contribution < -0.4 is 10.1 Å². The van der Waals surface area contributed by atoms with Crippen LogP contribution in [0.3, 0.4) is 0 Å². The van der Waals surface area contributed by atoms with Crippen molar-refractivity contribution < 1.29 is 14.3 Å². The number of amides is 2. The second-order valence-corrected chi connectivity index (χ2v) is 5.62. The summed E-state index contributed by atoms with van der Waals surface area (Å²) in [6.07, 6.45) is 0.645. The van der Waals surface area contributed by atoms with Gasteiger partial charge < -0.3 is 15.0 Å². The summed E-state index contributed by atoms with van der Waals surface area (Å²) in [4.78, 5) is 30.0. The third-order valence-corrected chi connectivity index (χ3v) is 3.33. The molecule has 1 N–H and O–H groups in total. The molecule has 1 aliphatic heterocycles. The number of rotatable bonds is 5. The Morgan fingerprint density at radius 3 is 2.86 bits per heavy atom. The van der Waals surface area contributed by atoms with Crippen molar-refractivity contribution in [2.24, 2.45) is 5.92 Å². The van der Waals surface area contributed by atoms with Gasteiger partial charge in [0.15, 0.2) is 0 Å². The van der Waals surface area contributed by atoms with E-state index < -0.39 is 6.04 Å². The van der Waals surface area contributed by atoms with Crippen molar-refractivity contribution in [3.8, 4) is 5.88 Å². The van der Waals surface area contributed by atoms with E-state index in [0.29, 0.717) is 30.5 Å². The number of carbonyl (C=O) groups excluding carboxylic acids is 2. The van der Waals surface area contributed by atoms with Crippen molar-refractivity contribution in [1.82, 2.24) is 15.2 Å². The number of nitrogens with zero attached hydrogens (tertiary/aromatic N) is 2. The topological polar surface area (TPSA) is 71.5 Å². The first-order chi connectivity index (χ1) is 9.99. The van der Waals surface area contributed by atoms with Gasteiger partial charge in [0.2, 0.25) is 17.7 Å². The van der Waals surface area contributed by atoms with Crippen molar-refractivity contribution in [2.45, 2.75) is 32.9 Å². The van der Waals surface area contributed by atoms with Crippen LogP contribution >= 0.6 is 0 Å². The summed E-state index contributed by atoms with van der Waals surface area (Å²) < 4.78 is 5.07. The van der Waals surface area contributed by atoms with Crippen LogP contribution in [0.2, 0.25) is 0 Å². The molecular formula is C15H21N3O3. The van der Waals surface area contributed by atoms with Crippen molar-refractivity contribution in [2.75, 3.05) is 13.7 Å². The van der Waals surface area contributed by atoms with E-state index in [4.69, 9.17) is 4.74 Å². The minimum absolute atomic E-state index is 0.0482. The summed E-state index contributed by atoms with van der Waals surface area (Å²) in [5.41, 5.74) is 0.709. The fourth-order valence-electron chi connectivity index (χ4n) is 2.39. The zero-order valence-electron chi connectivity index (χ0n) is 12.6. The summed E-state index contributed by atoms with van der Waals surface area (Å²) in [5.74, 6) is 0.672. The summed E-state index contributed by atoms with van der Waals surface area (Å²) >= 11 is 0. The number of piperazine rings is 1. The van der Waals surface area contributed by atoms with Crippen molar-refractivity contribution >= 4 is 11.8 Å². The number of hydrogen-bond acceptors (Lipinski definition) is 4. The van der Waals surface area contributed by atoms with Gasteiger partial charge in [-0.2, -0.15) is 0 Å². The number of aromatic nitrogens is 1. The monoisotopic (exact) mass is 291 g/mol. The van der Waals surface area contributed by atoms with E-state index in [1.807, 2.05) is 26.0 Å². The molecule has 0 bridgehead atoms. The van der Waals surface area contributed by atoms with E-state index in [0.717, 1.165) is 0 Å². The number of ether oxygens (including phenoxy) is 1. The van der Waals surface area contributed by atoms with Crippen LogP contribution in [0, 0.1) is 5.92 Å². The van der Waals surface area contributed by atoms with Gasteiger partial charge in [0.05, 0.1) is 19.3 Å². The molecule has 1 aromatic rings. The van der Waals surface area contributed by atoms with E-state index in [1.165, 1.54) is 0 Å². The zero-order chi connectivity index (χ0) is 15.4. The third kappa shape index (κ3) is 3.93. The molecule has 2 amide bonds. The van der Waals surface area contributed by atoms with Gasteiger partial charge in [-0.3, -0.25) is 9.59 Å². The molecule has 0 radical (unpaired) electrons. The Labute approximate surface area is 124 Å². The van der Waals surface area contributed by atoms with Gasteiger partial charge in [-0.15, -0.1) is 0 Å². The summed E-state index contributed by atoms with van der Waals surface area (Å²) in [7, 11) is 1.55. The Hall–Kier alpha value is -2.11. The molecule has 1 atom stereocenters. The molecule has 6 nitrogen and oxygen atoms in total. The number of pyridine rings is 1. The van der Waals surface area contributed by atoms with Gasteiger partial charge in [-0.25, -0.2) is 4.98 Å². The Kier molecular flexibility index (Phi) is 4.77. The molecule has 1 aromatic heterocycles. The molecule has 0 aromatic carbocycles. The van der Waals surface area contributed by atoms with Crippen LogP contribution in [0.15, 0.2) is 18.2 Å². The highest BCUT2D eigenvalue weighted by molar-refractivity contribution is 5.94. The molecule has 2 heterocycles.